The number of carbonyl (C=O) groups is 2. The van der Waals surface area contributed by atoms with Gasteiger partial charge in [0.2, 0.25) is 0 Å². The van der Waals surface area contributed by atoms with Crippen LogP contribution >= 0.6 is 0 Å². The van der Waals surface area contributed by atoms with E-state index in [0.717, 1.165) is 13.0 Å². The molecular formula is C10H16N2O3. The highest BCUT2D eigenvalue weighted by Gasteiger charge is 2.27. The molecule has 0 aromatic heterocycles. The quantitative estimate of drug-likeness (QED) is 0.628. The predicted molar refractivity (Wildman–Crippen MR) is 53.2 cm³/mol. The molecule has 1 N–H and O–H groups in total. The van der Waals surface area contributed by atoms with Crippen LogP contribution in [0.3, 0.4) is 0 Å². The molecule has 0 aromatic carbocycles. The summed E-state index contributed by atoms with van der Waals surface area (Å²) in [7, 11) is 0. The van der Waals surface area contributed by atoms with E-state index in [-0.39, 0.29) is 25.0 Å². The molecule has 5 nitrogen and oxygen atoms in total. The van der Waals surface area contributed by atoms with Crippen LogP contribution < -0.4 is 5.32 Å². The highest BCUT2D eigenvalue weighted by Crippen LogP contribution is 2.10. The minimum absolute atomic E-state index is 0.0815. The molecule has 5 heteroatoms. The Morgan fingerprint density at radius 1 is 1.40 bits per heavy atom. The van der Waals surface area contributed by atoms with Gasteiger partial charge >= 0.3 is 5.97 Å². The number of carbonyl (C=O) groups excluding carboxylic acids is 2. The number of rotatable bonds is 2. The summed E-state index contributed by atoms with van der Waals surface area (Å²) in [6.07, 6.45) is 3.48. The monoisotopic (exact) mass is 212 g/mol. The molecule has 0 aromatic rings. The maximum Gasteiger partial charge on any atom is 0.326 e. The zero-order valence-electron chi connectivity index (χ0n) is 8.70. The summed E-state index contributed by atoms with van der Waals surface area (Å²) in [6.45, 7) is 1.66. The summed E-state index contributed by atoms with van der Waals surface area (Å²) in [5.41, 5.74) is 0. The molecule has 0 spiro atoms. The van der Waals surface area contributed by atoms with Gasteiger partial charge < -0.3 is 15.0 Å². The summed E-state index contributed by atoms with van der Waals surface area (Å²) in [4.78, 5) is 24.1. The van der Waals surface area contributed by atoms with Crippen LogP contribution in [0.4, 0.5) is 0 Å². The first-order chi connectivity index (χ1) is 7.25. The van der Waals surface area contributed by atoms with Crippen LogP contribution in [-0.4, -0.2) is 49.1 Å². The van der Waals surface area contributed by atoms with E-state index in [4.69, 9.17) is 0 Å². The maximum atomic E-state index is 11.4. The molecule has 1 atom stereocenters. The fourth-order valence-electron chi connectivity index (χ4n) is 2.04. The van der Waals surface area contributed by atoms with E-state index in [9.17, 15) is 9.59 Å². The molecule has 1 unspecified atom stereocenters. The number of ether oxygens (including phenoxy) is 1. The van der Waals surface area contributed by atoms with Crippen LogP contribution in [0, 0.1) is 0 Å². The van der Waals surface area contributed by atoms with Crippen molar-refractivity contribution in [2.45, 2.75) is 25.3 Å². The van der Waals surface area contributed by atoms with Gasteiger partial charge in [-0.3, -0.25) is 9.59 Å². The lowest BCUT2D eigenvalue weighted by Crippen LogP contribution is -2.51. The van der Waals surface area contributed by atoms with Crippen molar-refractivity contribution in [3.05, 3.63) is 0 Å². The second kappa shape index (κ2) is 4.61. The smallest absolute Gasteiger partial charge is 0.326 e. The molecule has 2 fully saturated rings. The van der Waals surface area contributed by atoms with E-state index in [1.165, 1.54) is 12.8 Å². The normalized spacial score (nSPS) is 27.7. The zero-order chi connectivity index (χ0) is 10.7. The molecule has 15 heavy (non-hydrogen) atoms. The highest BCUT2D eigenvalue weighted by molar-refractivity contribution is 5.88. The van der Waals surface area contributed by atoms with Crippen molar-refractivity contribution in [2.75, 3.05) is 26.2 Å². The molecule has 1 amide bonds. The maximum absolute atomic E-state index is 11.4. The van der Waals surface area contributed by atoms with Gasteiger partial charge in [-0.2, -0.15) is 0 Å². The largest absolute Gasteiger partial charge is 0.454 e. The SMILES string of the molecule is O=C1CN(CC2CCCCN2)C(=O)CO1. The molecule has 2 aliphatic heterocycles. The van der Waals surface area contributed by atoms with E-state index in [1.807, 2.05) is 0 Å². The number of nitrogens with zero attached hydrogens (tertiary/aromatic N) is 1. The van der Waals surface area contributed by atoms with Gasteiger partial charge in [-0.15, -0.1) is 0 Å². The zero-order valence-corrected chi connectivity index (χ0v) is 8.70. The highest BCUT2D eigenvalue weighted by atomic mass is 16.5. The Labute approximate surface area is 88.8 Å². The first kappa shape index (κ1) is 10.4. The molecule has 2 aliphatic rings. The molecule has 2 rings (SSSR count). The topological polar surface area (TPSA) is 58.6 Å². The van der Waals surface area contributed by atoms with Crippen molar-refractivity contribution in [1.82, 2.24) is 10.2 Å². The molecular weight excluding hydrogens is 196 g/mol. The van der Waals surface area contributed by atoms with E-state index in [2.05, 4.69) is 10.1 Å². The molecule has 0 saturated carbocycles. The standard InChI is InChI=1S/C10H16N2O3/c13-9-7-15-10(14)6-12(9)5-8-3-1-2-4-11-8/h8,11H,1-7H2. The van der Waals surface area contributed by atoms with Gasteiger partial charge in [-0.1, -0.05) is 6.42 Å². The lowest BCUT2D eigenvalue weighted by Gasteiger charge is -2.32. The Kier molecular flexibility index (Phi) is 3.20. The second-order valence-corrected chi connectivity index (χ2v) is 4.08. The average molecular weight is 212 g/mol. The number of hydrogen-bond acceptors (Lipinski definition) is 4. The van der Waals surface area contributed by atoms with E-state index in [0.29, 0.717) is 12.6 Å². The van der Waals surface area contributed by atoms with E-state index in [1.54, 1.807) is 4.90 Å². The molecule has 0 radical (unpaired) electrons. The summed E-state index contributed by atoms with van der Waals surface area (Å²) >= 11 is 0. The third-order valence-corrected chi connectivity index (χ3v) is 2.88. The lowest BCUT2D eigenvalue weighted by atomic mass is 10.0. The van der Waals surface area contributed by atoms with Crippen LogP contribution in [0.15, 0.2) is 0 Å². The van der Waals surface area contributed by atoms with Crippen LogP contribution in [-0.2, 0) is 14.3 Å². The fraction of sp³-hybridized carbons (Fsp3) is 0.800. The molecule has 0 bridgehead atoms. The Balaban J connectivity index is 1.85. The van der Waals surface area contributed by atoms with Gasteiger partial charge in [0.05, 0.1) is 0 Å². The van der Waals surface area contributed by atoms with E-state index < -0.39 is 0 Å². The average Bonchev–Trinajstić information content (AvgIpc) is 2.25. The number of piperidine rings is 1. The Hall–Kier alpha value is -1.10. The van der Waals surface area contributed by atoms with Gasteiger partial charge in [0.15, 0.2) is 6.61 Å². The number of amides is 1. The predicted octanol–water partition coefficient (Wildman–Crippen LogP) is -0.486. The third kappa shape index (κ3) is 2.68. The van der Waals surface area contributed by atoms with Gasteiger partial charge in [-0.05, 0) is 19.4 Å². The number of cyclic esters (lactones) is 1. The van der Waals surface area contributed by atoms with Gasteiger partial charge in [0.1, 0.15) is 6.54 Å². The molecule has 0 aliphatic carbocycles. The van der Waals surface area contributed by atoms with Gasteiger partial charge in [0, 0.05) is 12.6 Å². The van der Waals surface area contributed by atoms with Crippen LogP contribution in [0.1, 0.15) is 19.3 Å². The Bertz CT molecular complexity index is 261. The van der Waals surface area contributed by atoms with Crippen molar-refractivity contribution < 1.29 is 14.3 Å². The fourth-order valence-corrected chi connectivity index (χ4v) is 2.04. The number of esters is 1. The molecule has 2 saturated heterocycles. The van der Waals surface area contributed by atoms with Crippen molar-refractivity contribution in [3.63, 3.8) is 0 Å². The van der Waals surface area contributed by atoms with Crippen molar-refractivity contribution in [2.24, 2.45) is 0 Å². The van der Waals surface area contributed by atoms with Crippen LogP contribution in [0.25, 0.3) is 0 Å². The number of nitrogens with one attached hydrogen (secondary N) is 1. The second-order valence-electron chi connectivity index (χ2n) is 4.08. The summed E-state index contributed by atoms with van der Waals surface area (Å²) in [5, 5.41) is 3.36. The Morgan fingerprint density at radius 3 is 3.00 bits per heavy atom. The summed E-state index contributed by atoms with van der Waals surface area (Å²) in [6, 6.07) is 0.341. The van der Waals surface area contributed by atoms with Crippen molar-refractivity contribution >= 4 is 11.9 Å². The minimum atomic E-state index is -0.301. The first-order valence-corrected chi connectivity index (χ1v) is 5.42. The number of hydrogen-bond donors (Lipinski definition) is 1. The van der Waals surface area contributed by atoms with Crippen LogP contribution in [0.5, 0.6) is 0 Å². The first-order valence-electron chi connectivity index (χ1n) is 5.42. The molecule has 84 valence electrons. The molecule has 2 heterocycles. The van der Waals surface area contributed by atoms with Gasteiger partial charge in [0.25, 0.3) is 5.91 Å². The number of morpholine rings is 1. The third-order valence-electron chi connectivity index (χ3n) is 2.88. The summed E-state index contributed by atoms with van der Waals surface area (Å²) < 4.78 is 4.66. The van der Waals surface area contributed by atoms with Crippen molar-refractivity contribution in [3.8, 4) is 0 Å². The Morgan fingerprint density at radius 2 is 2.27 bits per heavy atom. The minimum Gasteiger partial charge on any atom is -0.454 e. The lowest BCUT2D eigenvalue weighted by molar-refractivity contribution is -0.162. The van der Waals surface area contributed by atoms with Crippen LogP contribution in [0.2, 0.25) is 0 Å². The summed E-state index contributed by atoms with van der Waals surface area (Å²) in [5.74, 6) is -0.382. The van der Waals surface area contributed by atoms with Gasteiger partial charge in [-0.25, -0.2) is 0 Å². The van der Waals surface area contributed by atoms with Crippen molar-refractivity contribution in [1.29, 1.82) is 0 Å². The van der Waals surface area contributed by atoms with E-state index >= 15 is 0 Å².